The molecule has 1 aliphatic rings. The van der Waals surface area contributed by atoms with Crippen molar-refractivity contribution in [1.82, 2.24) is 4.90 Å². The molecule has 126 valence electrons. The summed E-state index contributed by atoms with van der Waals surface area (Å²) in [5, 5.41) is 0.439. The number of hydrogen-bond donors (Lipinski definition) is 0. The van der Waals surface area contributed by atoms with Crippen LogP contribution in [0.2, 0.25) is 5.02 Å². The summed E-state index contributed by atoms with van der Waals surface area (Å²) in [5.74, 6) is -0.825. The Labute approximate surface area is 150 Å². The lowest BCUT2D eigenvalue weighted by molar-refractivity contribution is -0.166. The van der Waals surface area contributed by atoms with Gasteiger partial charge in [-0.05, 0) is 24.0 Å². The smallest absolute Gasteiger partial charge is 0.328 e. The number of β-lactam (4-membered cyclic amide) rings is 1. The number of hydrogen-bond acceptors (Lipinski definition) is 3. The Morgan fingerprint density at radius 1 is 1.35 bits per heavy atom. The van der Waals surface area contributed by atoms with E-state index >= 15 is 0 Å². The van der Waals surface area contributed by atoms with Gasteiger partial charge >= 0.3 is 5.97 Å². The van der Waals surface area contributed by atoms with Gasteiger partial charge in [-0.25, -0.2) is 4.79 Å². The van der Waals surface area contributed by atoms with E-state index in [-0.39, 0.29) is 5.92 Å². The highest BCUT2D eigenvalue weighted by atomic mass is 35.5. The van der Waals surface area contributed by atoms with Crippen LogP contribution in [0.1, 0.15) is 31.9 Å². The molecule has 1 aromatic rings. The standard InChI is InChI=1S/C16H18Cl3NO3/c1-9(2)8-12(14(21)23-3)20-13(16(18,19)15(20)22)10-6-4-5-7-11(10)17/h4-7,9,12-13H,8H2,1-3H3. The van der Waals surface area contributed by atoms with Crippen LogP contribution in [0.25, 0.3) is 0 Å². The van der Waals surface area contributed by atoms with E-state index in [1.807, 2.05) is 13.8 Å². The number of likely N-dealkylation sites (tertiary alicyclic amines) is 1. The summed E-state index contributed by atoms with van der Waals surface area (Å²) < 4.78 is 3.20. The summed E-state index contributed by atoms with van der Waals surface area (Å²) in [7, 11) is 1.29. The third-order valence-electron chi connectivity index (χ3n) is 3.84. The van der Waals surface area contributed by atoms with Gasteiger partial charge in [0.1, 0.15) is 12.1 Å². The molecular formula is C16H18Cl3NO3. The average molecular weight is 379 g/mol. The number of carbonyl (C=O) groups excluding carboxylic acids is 2. The molecule has 0 saturated carbocycles. The second-order valence-corrected chi connectivity index (χ2v) is 7.72. The maximum atomic E-state index is 12.4. The largest absolute Gasteiger partial charge is 0.467 e. The fourth-order valence-electron chi connectivity index (χ4n) is 2.78. The van der Waals surface area contributed by atoms with Gasteiger partial charge in [-0.1, -0.05) is 66.8 Å². The molecule has 0 N–H and O–H groups in total. The predicted octanol–water partition coefficient (Wildman–Crippen LogP) is 3.98. The number of esters is 1. The molecule has 0 bridgehead atoms. The molecular weight excluding hydrogens is 361 g/mol. The highest BCUT2D eigenvalue weighted by molar-refractivity contribution is 6.60. The Kier molecular flexibility index (Phi) is 5.49. The number of alkyl halides is 2. The molecule has 0 aromatic heterocycles. The zero-order valence-corrected chi connectivity index (χ0v) is 15.3. The van der Waals surface area contributed by atoms with Crippen molar-refractivity contribution in [3.05, 3.63) is 34.9 Å². The highest BCUT2D eigenvalue weighted by Gasteiger charge is 2.63. The van der Waals surface area contributed by atoms with Crippen LogP contribution in [-0.4, -0.2) is 34.3 Å². The summed E-state index contributed by atoms with van der Waals surface area (Å²) >= 11 is 18.7. The second kappa shape index (κ2) is 6.88. The molecule has 1 saturated heterocycles. The number of nitrogens with zero attached hydrogens (tertiary/aromatic N) is 1. The SMILES string of the molecule is COC(=O)C(CC(C)C)N1C(=O)C(Cl)(Cl)C1c1ccccc1Cl. The van der Waals surface area contributed by atoms with Crippen LogP contribution in [-0.2, 0) is 14.3 Å². The minimum absolute atomic E-state index is 0.180. The van der Waals surface area contributed by atoms with Crippen molar-refractivity contribution >= 4 is 46.7 Å². The van der Waals surface area contributed by atoms with Crippen LogP contribution < -0.4 is 0 Å². The molecule has 2 atom stereocenters. The van der Waals surface area contributed by atoms with Gasteiger partial charge in [0.15, 0.2) is 0 Å². The summed E-state index contributed by atoms with van der Waals surface area (Å²) in [6, 6.07) is 5.54. The fraction of sp³-hybridized carbons (Fsp3) is 0.500. The zero-order valence-electron chi connectivity index (χ0n) is 13.1. The zero-order chi connectivity index (χ0) is 17.4. The van der Waals surface area contributed by atoms with E-state index in [2.05, 4.69) is 0 Å². The molecule has 0 aliphatic carbocycles. The van der Waals surface area contributed by atoms with Crippen LogP contribution in [0.5, 0.6) is 0 Å². The number of benzene rings is 1. The number of ether oxygens (including phenoxy) is 1. The summed E-state index contributed by atoms with van der Waals surface area (Å²) in [4.78, 5) is 26.0. The molecule has 23 heavy (non-hydrogen) atoms. The minimum atomic E-state index is -1.64. The lowest BCUT2D eigenvalue weighted by atomic mass is 9.88. The van der Waals surface area contributed by atoms with Crippen LogP contribution >= 0.6 is 34.8 Å². The average Bonchev–Trinajstić information content (AvgIpc) is 2.50. The number of halogens is 3. The molecule has 0 spiro atoms. The van der Waals surface area contributed by atoms with Crippen LogP contribution in [0.3, 0.4) is 0 Å². The number of rotatable bonds is 5. The lowest BCUT2D eigenvalue weighted by Gasteiger charge is -2.52. The number of amides is 1. The van der Waals surface area contributed by atoms with Crippen molar-refractivity contribution in [3.8, 4) is 0 Å². The molecule has 0 radical (unpaired) electrons. The van der Waals surface area contributed by atoms with Crippen LogP contribution in [0, 0.1) is 5.92 Å². The molecule has 1 amide bonds. The first-order valence-electron chi connectivity index (χ1n) is 7.24. The Morgan fingerprint density at radius 3 is 2.48 bits per heavy atom. The monoisotopic (exact) mass is 377 g/mol. The highest BCUT2D eigenvalue weighted by Crippen LogP contribution is 2.53. The topological polar surface area (TPSA) is 46.6 Å². The van der Waals surface area contributed by atoms with Crippen molar-refractivity contribution in [2.24, 2.45) is 5.92 Å². The van der Waals surface area contributed by atoms with E-state index in [0.29, 0.717) is 17.0 Å². The van der Waals surface area contributed by atoms with Gasteiger partial charge in [0.2, 0.25) is 4.33 Å². The molecule has 2 rings (SSSR count). The van der Waals surface area contributed by atoms with E-state index in [1.165, 1.54) is 12.0 Å². The predicted molar refractivity (Wildman–Crippen MR) is 90.7 cm³/mol. The third kappa shape index (κ3) is 3.30. The Bertz CT molecular complexity index is 618. The Morgan fingerprint density at radius 2 is 1.96 bits per heavy atom. The van der Waals surface area contributed by atoms with E-state index in [0.717, 1.165) is 0 Å². The van der Waals surface area contributed by atoms with Crippen molar-refractivity contribution in [1.29, 1.82) is 0 Å². The minimum Gasteiger partial charge on any atom is -0.467 e. The molecule has 1 aromatic carbocycles. The first-order valence-corrected chi connectivity index (χ1v) is 8.38. The third-order valence-corrected chi connectivity index (χ3v) is 4.93. The van der Waals surface area contributed by atoms with Crippen molar-refractivity contribution in [2.45, 2.75) is 36.7 Å². The van der Waals surface area contributed by atoms with Gasteiger partial charge in [0.05, 0.1) is 7.11 Å². The fourth-order valence-corrected chi connectivity index (χ4v) is 3.66. The molecule has 1 heterocycles. The molecule has 1 aliphatic heterocycles. The normalized spacial score (nSPS) is 21.1. The van der Waals surface area contributed by atoms with E-state index < -0.39 is 28.3 Å². The molecule has 7 heteroatoms. The van der Waals surface area contributed by atoms with Crippen molar-refractivity contribution in [3.63, 3.8) is 0 Å². The van der Waals surface area contributed by atoms with Crippen LogP contribution in [0.4, 0.5) is 0 Å². The quantitative estimate of drug-likeness (QED) is 0.442. The second-order valence-electron chi connectivity index (χ2n) is 5.93. The summed E-state index contributed by atoms with van der Waals surface area (Å²) in [6.45, 7) is 3.92. The summed E-state index contributed by atoms with van der Waals surface area (Å²) in [6.07, 6.45) is 0.448. The first-order chi connectivity index (χ1) is 10.7. The summed E-state index contributed by atoms with van der Waals surface area (Å²) in [5.41, 5.74) is 0.608. The van der Waals surface area contributed by atoms with Gasteiger partial charge in [-0.15, -0.1) is 0 Å². The number of methoxy groups -OCH3 is 1. The van der Waals surface area contributed by atoms with Gasteiger partial charge < -0.3 is 9.64 Å². The maximum Gasteiger partial charge on any atom is 0.328 e. The molecule has 1 fully saturated rings. The molecule has 2 unspecified atom stereocenters. The van der Waals surface area contributed by atoms with E-state index in [1.54, 1.807) is 24.3 Å². The van der Waals surface area contributed by atoms with Gasteiger partial charge in [0, 0.05) is 5.02 Å². The Balaban J connectivity index is 2.44. The van der Waals surface area contributed by atoms with Gasteiger partial charge in [-0.2, -0.15) is 0 Å². The van der Waals surface area contributed by atoms with E-state index in [9.17, 15) is 9.59 Å². The Hall–Kier alpha value is -0.970. The maximum absolute atomic E-state index is 12.4. The first kappa shape index (κ1) is 18.4. The van der Waals surface area contributed by atoms with Crippen molar-refractivity contribution < 1.29 is 14.3 Å². The number of carbonyl (C=O) groups is 2. The van der Waals surface area contributed by atoms with Gasteiger partial charge in [-0.3, -0.25) is 4.79 Å². The van der Waals surface area contributed by atoms with Gasteiger partial charge in [0.25, 0.3) is 5.91 Å². The lowest BCUT2D eigenvalue weighted by Crippen LogP contribution is -2.67. The van der Waals surface area contributed by atoms with E-state index in [4.69, 9.17) is 39.5 Å². The molecule has 4 nitrogen and oxygen atoms in total. The van der Waals surface area contributed by atoms with Crippen molar-refractivity contribution in [2.75, 3.05) is 7.11 Å². The van der Waals surface area contributed by atoms with Crippen LogP contribution in [0.15, 0.2) is 24.3 Å².